The highest BCUT2D eigenvalue weighted by Gasteiger charge is 2.40. The summed E-state index contributed by atoms with van der Waals surface area (Å²) < 4.78 is 38.3. The molecule has 1 heterocycles. The van der Waals surface area contributed by atoms with Crippen molar-refractivity contribution in [2.75, 3.05) is 5.75 Å². The molecule has 0 aliphatic carbocycles. The minimum absolute atomic E-state index is 0.0642. The van der Waals surface area contributed by atoms with E-state index in [1.807, 2.05) is 37.3 Å². The van der Waals surface area contributed by atoms with Crippen LogP contribution in [-0.2, 0) is 0 Å². The summed E-state index contributed by atoms with van der Waals surface area (Å²) in [5.41, 5.74) is 0.849. The SMILES string of the molecule is CC[C@]1(CC(O)CC(F)(F)F)CSc2cc(O)c(O)cc2[C@H](c2ccccc2)N1. The van der Waals surface area contributed by atoms with Gasteiger partial charge in [0.2, 0.25) is 0 Å². The molecule has 2 aromatic rings. The molecule has 0 saturated carbocycles. The quantitative estimate of drug-likeness (QED) is 0.519. The largest absolute Gasteiger partial charge is 0.504 e. The lowest BCUT2D eigenvalue weighted by Gasteiger charge is -2.37. The number of aromatic hydroxyl groups is 2. The Bertz CT molecular complexity index is 847. The maximum absolute atomic E-state index is 12.8. The number of halogens is 3. The average molecular weight is 427 g/mol. The molecule has 0 amide bonds. The zero-order valence-corrected chi connectivity index (χ0v) is 16.7. The lowest BCUT2D eigenvalue weighted by atomic mass is 9.86. The van der Waals surface area contributed by atoms with Crippen molar-refractivity contribution < 1.29 is 28.5 Å². The number of nitrogens with one attached hydrogen (secondary N) is 1. The van der Waals surface area contributed by atoms with E-state index >= 15 is 0 Å². The molecule has 158 valence electrons. The first-order valence-electron chi connectivity index (χ1n) is 9.38. The number of hydrogen-bond donors (Lipinski definition) is 4. The van der Waals surface area contributed by atoms with Crippen LogP contribution in [-0.4, -0.2) is 38.9 Å². The Morgan fingerprint density at radius 2 is 1.83 bits per heavy atom. The summed E-state index contributed by atoms with van der Waals surface area (Å²) >= 11 is 1.40. The summed E-state index contributed by atoms with van der Waals surface area (Å²) in [6.45, 7) is 1.88. The minimum Gasteiger partial charge on any atom is -0.504 e. The van der Waals surface area contributed by atoms with Crippen LogP contribution >= 0.6 is 11.8 Å². The Morgan fingerprint density at radius 1 is 1.17 bits per heavy atom. The highest BCUT2D eigenvalue weighted by Crippen LogP contribution is 2.44. The highest BCUT2D eigenvalue weighted by atomic mass is 32.2. The van der Waals surface area contributed by atoms with Crippen molar-refractivity contribution in [2.45, 2.75) is 54.9 Å². The van der Waals surface area contributed by atoms with E-state index in [2.05, 4.69) is 5.32 Å². The van der Waals surface area contributed by atoms with E-state index in [0.29, 0.717) is 12.2 Å². The van der Waals surface area contributed by atoms with E-state index < -0.39 is 30.3 Å². The van der Waals surface area contributed by atoms with Crippen molar-refractivity contribution in [3.05, 3.63) is 53.6 Å². The number of benzene rings is 2. The van der Waals surface area contributed by atoms with Crippen LogP contribution in [0.5, 0.6) is 11.5 Å². The molecule has 0 bridgehead atoms. The number of aliphatic hydroxyl groups is 1. The zero-order chi connectivity index (χ0) is 21.2. The van der Waals surface area contributed by atoms with Crippen LogP contribution in [0, 0.1) is 0 Å². The van der Waals surface area contributed by atoms with Crippen LogP contribution in [0.25, 0.3) is 0 Å². The van der Waals surface area contributed by atoms with Gasteiger partial charge in [0.25, 0.3) is 0 Å². The third-order valence-corrected chi connectivity index (χ3v) is 6.64. The van der Waals surface area contributed by atoms with Gasteiger partial charge in [-0.25, -0.2) is 0 Å². The van der Waals surface area contributed by atoms with Gasteiger partial charge in [0.1, 0.15) is 0 Å². The summed E-state index contributed by atoms with van der Waals surface area (Å²) in [5, 5.41) is 33.6. The van der Waals surface area contributed by atoms with Crippen molar-refractivity contribution in [3.8, 4) is 11.5 Å². The molecule has 0 saturated heterocycles. The van der Waals surface area contributed by atoms with Crippen LogP contribution in [0.4, 0.5) is 13.2 Å². The van der Waals surface area contributed by atoms with Gasteiger partial charge >= 0.3 is 6.18 Å². The second-order valence-electron chi connectivity index (χ2n) is 7.47. The monoisotopic (exact) mass is 427 g/mol. The van der Waals surface area contributed by atoms with Crippen LogP contribution in [0.2, 0.25) is 0 Å². The Kier molecular flexibility index (Phi) is 6.36. The summed E-state index contributed by atoms with van der Waals surface area (Å²) in [4.78, 5) is 0.738. The lowest BCUT2D eigenvalue weighted by Crippen LogP contribution is -2.50. The van der Waals surface area contributed by atoms with Crippen LogP contribution < -0.4 is 5.32 Å². The molecular formula is C21H24F3NO3S. The molecule has 1 unspecified atom stereocenters. The van der Waals surface area contributed by atoms with E-state index in [1.54, 1.807) is 0 Å². The number of alkyl halides is 3. The molecule has 0 fully saturated rings. The second-order valence-corrected chi connectivity index (χ2v) is 8.48. The first-order valence-corrected chi connectivity index (χ1v) is 10.4. The van der Waals surface area contributed by atoms with Crippen molar-refractivity contribution in [1.82, 2.24) is 5.32 Å². The minimum atomic E-state index is -4.44. The fraction of sp³-hybridized carbons (Fsp3) is 0.429. The Hall–Kier alpha value is -1.90. The first-order chi connectivity index (χ1) is 13.6. The molecule has 29 heavy (non-hydrogen) atoms. The van der Waals surface area contributed by atoms with Crippen molar-refractivity contribution in [3.63, 3.8) is 0 Å². The number of phenolic OH excluding ortho intramolecular Hbond substituents is 2. The summed E-state index contributed by atoms with van der Waals surface area (Å²) in [7, 11) is 0. The molecular weight excluding hydrogens is 403 g/mol. The standard InChI is InChI=1S/C21H24F3NO3S/c1-2-20(10-14(26)11-21(22,23)24)12-29-18-9-17(28)16(27)8-15(18)19(25-20)13-6-4-3-5-7-13/h3-9,14,19,25-28H,2,10-12H2,1H3/t14?,19-,20-/m0/s1. The van der Waals surface area contributed by atoms with Gasteiger partial charge in [0.15, 0.2) is 11.5 Å². The van der Waals surface area contributed by atoms with Crippen molar-refractivity contribution >= 4 is 11.8 Å². The predicted octanol–water partition coefficient (Wildman–Crippen LogP) is 4.73. The number of aliphatic hydroxyl groups excluding tert-OH is 1. The van der Waals surface area contributed by atoms with E-state index in [9.17, 15) is 28.5 Å². The van der Waals surface area contributed by atoms with E-state index in [0.717, 1.165) is 16.0 Å². The van der Waals surface area contributed by atoms with Gasteiger partial charge < -0.3 is 15.3 Å². The molecule has 1 aliphatic heterocycles. The number of phenols is 2. The Morgan fingerprint density at radius 3 is 2.45 bits per heavy atom. The maximum Gasteiger partial charge on any atom is 0.391 e. The smallest absolute Gasteiger partial charge is 0.391 e. The maximum atomic E-state index is 12.8. The summed E-state index contributed by atoms with van der Waals surface area (Å²) in [5.74, 6) is -0.0868. The third kappa shape index (κ3) is 5.18. The Balaban J connectivity index is 2.00. The lowest BCUT2D eigenvalue weighted by molar-refractivity contribution is -0.155. The molecule has 0 spiro atoms. The Labute approximate surface area is 171 Å². The molecule has 4 nitrogen and oxygen atoms in total. The highest BCUT2D eigenvalue weighted by molar-refractivity contribution is 7.99. The normalized spacial score (nSPS) is 23.3. The van der Waals surface area contributed by atoms with Crippen LogP contribution in [0.15, 0.2) is 47.4 Å². The van der Waals surface area contributed by atoms with Gasteiger partial charge in [0.05, 0.1) is 18.6 Å². The van der Waals surface area contributed by atoms with Gasteiger partial charge in [-0.3, -0.25) is 5.32 Å². The molecule has 1 aliphatic rings. The van der Waals surface area contributed by atoms with Gasteiger partial charge in [-0.15, -0.1) is 11.8 Å². The average Bonchev–Trinajstić information content (AvgIpc) is 2.79. The number of thioether (sulfide) groups is 1. The fourth-order valence-corrected chi connectivity index (χ4v) is 5.11. The molecule has 3 rings (SSSR count). The van der Waals surface area contributed by atoms with Crippen LogP contribution in [0.1, 0.15) is 43.4 Å². The number of fused-ring (bicyclic) bond motifs is 1. The number of hydrogen-bond acceptors (Lipinski definition) is 5. The van der Waals surface area contributed by atoms with Crippen molar-refractivity contribution in [2.24, 2.45) is 0 Å². The second kappa shape index (κ2) is 8.45. The third-order valence-electron chi connectivity index (χ3n) is 5.28. The van der Waals surface area contributed by atoms with Crippen molar-refractivity contribution in [1.29, 1.82) is 0 Å². The molecule has 0 aromatic heterocycles. The summed E-state index contributed by atoms with van der Waals surface area (Å²) in [6, 6.07) is 11.9. The van der Waals surface area contributed by atoms with E-state index in [4.69, 9.17) is 0 Å². The van der Waals surface area contributed by atoms with Gasteiger partial charge in [-0.1, -0.05) is 37.3 Å². The topological polar surface area (TPSA) is 72.7 Å². The van der Waals surface area contributed by atoms with Gasteiger partial charge in [0, 0.05) is 16.2 Å². The van der Waals surface area contributed by atoms with Gasteiger partial charge in [-0.2, -0.15) is 13.2 Å². The number of rotatable bonds is 5. The molecule has 2 aromatic carbocycles. The molecule has 8 heteroatoms. The zero-order valence-electron chi connectivity index (χ0n) is 15.9. The first kappa shape index (κ1) is 21.8. The van der Waals surface area contributed by atoms with E-state index in [1.165, 1.54) is 23.9 Å². The van der Waals surface area contributed by atoms with Crippen LogP contribution in [0.3, 0.4) is 0 Å². The summed E-state index contributed by atoms with van der Waals surface area (Å²) in [6.07, 6.45) is -6.78. The molecule has 0 radical (unpaired) electrons. The molecule has 3 atom stereocenters. The fourth-order valence-electron chi connectivity index (χ4n) is 3.73. The predicted molar refractivity (Wildman–Crippen MR) is 106 cm³/mol. The molecule has 4 N–H and O–H groups in total. The van der Waals surface area contributed by atoms with E-state index in [-0.39, 0.29) is 17.9 Å². The van der Waals surface area contributed by atoms with Gasteiger partial charge in [-0.05, 0) is 36.1 Å².